The number of carbonyl (C=O) groups excluding carboxylic acids is 1. The molecule has 0 N–H and O–H groups in total. The van der Waals surface area contributed by atoms with Crippen molar-refractivity contribution in [3.05, 3.63) is 51.9 Å². The summed E-state index contributed by atoms with van der Waals surface area (Å²) in [7, 11) is 2.10. The molecule has 2 aromatic heterocycles. The molecular formula is C20H22BrN3O2S. The number of para-hydroxylation sites is 1. The van der Waals surface area contributed by atoms with Gasteiger partial charge < -0.3 is 19.1 Å². The van der Waals surface area contributed by atoms with Crippen molar-refractivity contribution in [1.29, 1.82) is 0 Å². The van der Waals surface area contributed by atoms with Crippen molar-refractivity contribution in [1.82, 2.24) is 14.4 Å². The molecule has 0 aliphatic carbocycles. The fourth-order valence-corrected chi connectivity index (χ4v) is 4.94. The van der Waals surface area contributed by atoms with Gasteiger partial charge in [0.1, 0.15) is 18.1 Å². The summed E-state index contributed by atoms with van der Waals surface area (Å²) in [5.41, 5.74) is 1.84. The highest BCUT2D eigenvalue weighted by Gasteiger charge is 2.25. The largest absolute Gasteiger partial charge is 0.492 e. The Morgan fingerprint density at radius 2 is 1.89 bits per heavy atom. The molecular weight excluding hydrogens is 426 g/mol. The van der Waals surface area contributed by atoms with Gasteiger partial charge in [-0.15, -0.1) is 11.3 Å². The number of rotatable bonds is 5. The maximum absolute atomic E-state index is 13.2. The van der Waals surface area contributed by atoms with E-state index in [0.29, 0.717) is 13.2 Å². The molecule has 1 aliphatic rings. The first-order chi connectivity index (χ1) is 13.1. The van der Waals surface area contributed by atoms with E-state index < -0.39 is 0 Å². The summed E-state index contributed by atoms with van der Waals surface area (Å²) < 4.78 is 10.2. The number of hydrogen-bond acceptors (Lipinski definition) is 4. The molecule has 1 aliphatic heterocycles. The second-order valence-corrected chi connectivity index (χ2v) is 9.20. The van der Waals surface area contributed by atoms with Crippen LogP contribution in [0.15, 0.2) is 46.3 Å². The first-order valence-electron chi connectivity index (χ1n) is 9.06. The average molecular weight is 448 g/mol. The molecule has 3 aromatic rings. The molecule has 0 atom stereocenters. The number of nitrogens with zero attached hydrogens (tertiary/aromatic N) is 3. The number of piperazine rings is 1. The summed E-state index contributed by atoms with van der Waals surface area (Å²) in [6, 6.07) is 13.9. The van der Waals surface area contributed by atoms with Crippen molar-refractivity contribution in [2.75, 3.05) is 39.8 Å². The average Bonchev–Trinajstić information content (AvgIpc) is 3.19. The van der Waals surface area contributed by atoms with Crippen LogP contribution < -0.4 is 4.74 Å². The van der Waals surface area contributed by atoms with Crippen molar-refractivity contribution in [2.45, 2.75) is 6.54 Å². The minimum atomic E-state index is 0.113. The number of amides is 1. The van der Waals surface area contributed by atoms with Gasteiger partial charge in [0.25, 0.3) is 5.91 Å². The molecule has 0 radical (unpaired) electrons. The van der Waals surface area contributed by atoms with Crippen LogP contribution in [-0.2, 0) is 6.54 Å². The van der Waals surface area contributed by atoms with Crippen LogP contribution in [-0.4, -0.2) is 60.1 Å². The van der Waals surface area contributed by atoms with Crippen LogP contribution >= 0.6 is 27.3 Å². The van der Waals surface area contributed by atoms with E-state index in [1.165, 1.54) is 0 Å². The Balaban J connectivity index is 1.55. The van der Waals surface area contributed by atoms with Crippen molar-refractivity contribution >= 4 is 43.4 Å². The maximum atomic E-state index is 13.2. The fourth-order valence-electron chi connectivity index (χ4n) is 3.37. The predicted octanol–water partition coefficient (Wildman–Crippen LogP) is 3.93. The van der Waals surface area contributed by atoms with Gasteiger partial charge in [-0.2, -0.15) is 0 Å². The molecule has 142 valence electrons. The van der Waals surface area contributed by atoms with E-state index in [1.54, 1.807) is 11.3 Å². The molecule has 0 bridgehead atoms. The number of ether oxygens (including phenoxy) is 1. The molecule has 5 nitrogen and oxygen atoms in total. The summed E-state index contributed by atoms with van der Waals surface area (Å²) in [5, 5.41) is 0. The van der Waals surface area contributed by atoms with E-state index in [1.807, 2.05) is 41.3 Å². The van der Waals surface area contributed by atoms with Crippen LogP contribution in [0.2, 0.25) is 0 Å². The molecule has 27 heavy (non-hydrogen) atoms. The highest BCUT2D eigenvalue weighted by molar-refractivity contribution is 9.11. The third kappa shape index (κ3) is 4.05. The van der Waals surface area contributed by atoms with Gasteiger partial charge in [0.15, 0.2) is 0 Å². The van der Waals surface area contributed by atoms with E-state index in [2.05, 4.69) is 38.5 Å². The Morgan fingerprint density at radius 3 is 2.63 bits per heavy atom. The van der Waals surface area contributed by atoms with Crippen LogP contribution in [0.5, 0.6) is 5.75 Å². The summed E-state index contributed by atoms with van der Waals surface area (Å²) in [6.45, 7) is 4.55. The van der Waals surface area contributed by atoms with Crippen LogP contribution in [0, 0.1) is 0 Å². The van der Waals surface area contributed by atoms with Gasteiger partial charge in [-0.25, -0.2) is 0 Å². The minimum absolute atomic E-state index is 0.113. The summed E-state index contributed by atoms with van der Waals surface area (Å²) in [5.74, 6) is 0.960. The lowest BCUT2D eigenvalue weighted by Crippen LogP contribution is -2.47. The summed E-state index contributed by atoms with van der Waals surface area (Å²) in [4.78, 5) is 17.4. The summed E-state index contributed by atoms with van der Waals surface area (Å²) >= 11 is 5.22. The highest BCUT2D eigenvalue weighted by Crippen LogP contribution is 2.33. The quantitative estimate of drug-likeness (QED) is 0.594. The third-order valence-electron chi connectivity index (χ3n) is 4.90. The maximum Gasteiger partial charge on any atom is 0.270 e. The van der Waals surface area contributed by atoms with E-state index in [4.69, 9.17) is 4.74 Å². The van der Waals surface area contributed by atoms with Crippen molar-refractivity contribution < 1.29 is 9.53 Å². The van der Waals surface area contributed by atoms with E-state index >= 15 is 0 Å². The van der Waals surface area contributed by atoms with Gasteiger partial charge in [0.2, 0.25) is 0 Å². The van der Waals surface area contributed by atoms with E-state index in [9.17, 15) is 4.79 Å². The molecule has 1 amide bonds. The smallest absolute Gasteiger partial charge is 0.270 e. The number of thiophene rings is 1. The Kier molecular flexibility index (Phi) is 5.52. The van der Waals surface area contributed by atoms with Gasteiger partial charge in [0.05, 0.1) is 20.5 Å². The molecule has 0 spiro atoms. The van der Waals surface area contributed by atoms with Gasteiger partial charge in [-0.1, -0.05) is 18.2 Å². The van der Waals surface area contributed by atoms with Crippen LogP contribution in [0.1, 0.15) is 10.5 Å². The lowest BCUT2D eigenvalue weighted by atomic mass is 10.3. The highest BCUT2D eigenvalue weighted by atomic mass is 79.9. The van der Waals surface area contributed by atoms with Crippen LogP contribution in [0.4, 0.5) is 0 Å². The Morgan fingerprint density at radius 1 is 1.15 bits per heavy atom. The topological polar surface area (TPSA) is 37.7 Å². The number of carbonyl (C=O) groups is 1. The number of hydrogen-bond donors (Lipinski definition) is 0. The predicted molar refractivity (Wildman–Crippen MR) is 113 cm³/mol. The Labute approximate surface area is 171 Å². The number of benzene rings is 1. The zero-order valence-electron chi connectivity index (χ0n) is 15.2. The minimum Gasteiger partial charge on any atom is -0.492 e. The molecule has 3 heterocycles. The first-order valence-corrected chi connectivity index (χ1v) is 10.7. The van der Waals surface area contributed by atoms with Crippen molar-refractivity contribution in [3.8, 4) is 5.75 Å². The van der Waals surface area contributed by atoms with Gasteiger partial charge in [0, 0.05) is 26.2 Å². The first kappa shape index (κ1) is 18.5. The van der Waals surface area contributed by atoms with Crippen molar-refractivity contribution in [2.24, 2.45) is 0 Å². The number of halogens is 1. The zero-order chi connectivity index (χ0) is 18.8. The molecule has 7 heteroatoms. The Bertz CT molecular complexity index is 930. The van der Waals surface area contributed by atoms with E-state index in [-0.39, 0.29) is 5.91 Å². The van der Waals surface area contributed by atoms with Crippen molar-refractivity contribution in [3.63, 3.8) is 0 Å². The van der Waals surface area contributed by atoms with Gasteiger partial charge in [-0.3, -0.25) is 4.79 Å². The molecule has 4 rings (SSSR count). The van der Waals surface area contributed by atoms with Gasteiger partial charge in [-0.05, 0) is 47.2 Å². The third-order valence-corrected chi connectivity index (χ3v) is 6.47. The number of likely N-dealkylation sites (N-methyl/N-ethyl adjacent to an activating group) is 1. The van der Waals surface area contributed by atoms with Crippen LogP contribution in [0.3, 0.4) is 0 Å². The molecule has 1 saturated heterocycles. The second-order valence-electron chi connectivity index (χ2n) is 6.74. The molecule has 1 aromatic carbocycles. The normalized spacial score (nSPS) is 15.4. The van der Waals surface area contributed by atoms with E-state index in [0.717, 1.165) is 51.6 Å². The number of aromatic nitrogens is 1. The monoisotopic (exact) mass is 447 g/mol. The number of fused-ring (bicyclic) bond motifs is 1. The SMILES string of the molecule is CN1CCN(C(=O)c2cc3sc(Br)cc3n2CCOc2ccccc2)CC1. The second kappa shape index (κ2) is 8.04. The lowest BCUT2D eigenvalue weighted by molar-refractivity contribution is 0.0653. The summed E-state index contributed by atoms with van der Waals surface area (Å²) in [6.07, 6.45) is 0. The Hall–Kier alpha value is -1.83. The molecule has 0 unspecified atom stereocenters. The molecule has 1 fully saturated rings. The van der Waals surface area contributed by atoms with Crippen LogP contribution in [0.25, 0.3) is 10.2 Å². The lowest BCUT2D eigenvalue weighted by Gasteiger charge is -2.32. The molecule has 0 saturated carbocycles. The zero-order valence-corrected chi connectivity index (χ0v) is 17.6. The standard InChI is InChI=1S/C20H22BrN3O2S/c1-22-7-9-23(10-8-22)20(25)17-13-18-16(14-19(21)27-18)24(17)11-12-26-15-5-3-2-4-6-15/h2-6,13-14H,7-12H2,1H3. The fraction of sp³-hybridized carbons (Fsp3) is 0.350. The van der Waals surface area contributed by atoms with Gasteiger partial charge >= 0.3 is 0 Å².